The van der Waals surface area contributed by atoms with Gasteiger partial charge in [0.25, 0.3) is 5.56 Å². The summed E-state index contributed by atoms with van der Waals surface area (Å²) in [4.78, 5) is 44.7. The highest BCUT2D eigenvalue weighted by molar-refractivity contribution is 6.30. The Labute approximate surface area is 217 Å². The van der Waals surface area contributed by atoms with Gasteiger partial charge in [-0.15, -0.1) is 0 Å². The lowest BCUT2D eigenvalue weighted by atomic mass is 10.1. The van der Waals surface area contributed by atoms with Crippen molar-refractivity contribution >= 4 is 35.0 Å². The Kier molecular flexibility index (Phi) is 7.95. The van der Waals surface area contributed by atoms with Crippen LogP contribution in [0.4, 0.5) is 11.6 Å². The van der Waals surface area contributed by atoms with Gasteiger partial charge in [-0.3, -0.25) is 14.2 Å². The third kappa shape index (κ3) is 6.59. The van der Waals surface area contributed by atoms with E-state index in [0.717, 1.165) is 5.56 Å². The quantitative estimate of drug-likeness (QED) is 0.297. The molecule has 0 unspecified atom stereocenters. The summed E-state index contributed by atoms with van der Waals surface area (Å²) in [5.74, 6) is -0.294. The first-order chi connectivity index (χ1) is 17.8. The first-order valence-corrected chi connectivity index (χ1v) is 11.8. The van der Waals surface area contributed by atoms with Crippen molar-refractivity contribution in [3.8, 4) is 11.6 Å². The maximum Gasteiger partial charge on any atom is 0.354 e. The van der Waals surface area contributed by atoms with Crippen LogP contribution in [-0.2, 0) is 17.8 Å². The standard InChI is InChI=1S/C27H23ClN4O5/c1-2-21(33)14-18-15-29-27(32(25(18)34)16-17-6-8-19(28)9-7-17)30-20-10-12-22(13-11-20)37-24-5-3-4-23(31-24)26(35)36/h3-13,15H,2,14,16H2,1H3,(H,29,30)(H,35,36). The number of carboxylic acid groups (broad SMARTS) is 1. The zero-order valence-corrected chi connectivity index (χ0v) is 20.6. The van der Waals surface area contributed by atoms with Crippen molar-refractivity contribution in [3.05, 3.63) is 105 Å². The molecule has 4 aromatic rings. The molecule has 4 rings (SSSR count). The number of aromatic nitrogens is 3. The summed E-state index contributed by atoms with van der Waals surface area (Å²) in [6, 6.07) is 18.4. The third-order valence-electron chi connectivity index (χ3n) is 5.43. The second kappa shape index (κ2) is 11.5. The van der Waals surface area contributed by atoms with Crippen molar-refractivity contribution in [2.24, 2.45) is 0 Å². The summed E-state index contributed by atoms with van der Waals surface area (Å²) < 4.78 is 7.13. The van der Waals surface area contributed by atoms with Gasteiger partial charge in [-0.05, 0) is 48.0 Å². The number of ketones is 1. The van der Waals surface area contributed by atoms with Crippen molar-refractivity contribution in [1.82, 2.24) is 14.5 Å². The van der Waals surface area contributed by atoms with E-state index in [1.165, 1.54) is 16.8 Å². The molecule has 0 fully saturated rings. The van der Waals surface area contributed by atoms with Gasteiger partial charge in [0.2, 0.25) is 11.8 Å². The first kappa shape index (κ1) is 25.6. The lowest BCUT2D eigenvalue weighted by Crippen LogP contribution is -2.28. The predicted molar refractivity (Wildman–Crippen MR) is 139 cm³/mol. The molecule has 2 N–H and O–H groups in total. The Morgan fingerprint density at radius 2 is 1.78 bits per heavy atom. The lowest BCUT2D eigenvalue weighted by molar-refractivity contribution is -0.118. The molecule has 10 heteroatoms. The number of nitrogens with zero attached hydrogens (tertiary/aromatic N) is 3. The highest BCUT2D eigenvalue weighted by Crippen LogP contribution is 2.23. The number of hydrogen-bond acceptors (Lipinski definition) is 7. The molecule has 0 aliphatic heterocycles. The van der Waals surface area contributed by atoms with E-state index in [2.05, 4.69) is 15.3 Å². The Balaban J connectivity index is 1.58. The van der Waals surface area contributed by atoms with Crippen molar-refractivity contribution in [2.45, 2.75) is 26.3 Å². The number of pyridine rings is 1. The van der Waals surface area contributed by atoms with E-state index in [9.17, 15) is 14.4 Å². The van der Waals surface area contributed by atoms with E-state index in [1.54, 1.807) is 55.5 Å². The molecule has 0 bridgehead atoms. The molecule has 188 valence electrons. The average molecular weight is 519 g/mol. The number of hydrogen-bond donors (Lipinski definition) is 2. The number of rotatable bonds is 10. The molecular formula is C27H23ClN4O5. The predicted octanol–water partition coefficient (Wildman–Crippen LogP) is 5.10. The Morgan fingerprint density at radius 1 is 1.05 bits per heavy atom. The van der Waals surface area contributed by atoms with Gasteiger partial charge in [-0.25, -0.2) is 14.8 Å². The summed E-state index contributed by atoms with van der Waals surface area (Å²) >= 11 is 6.00. The molecule has 0 radical (unpaired) electrons. The van der Waals surface area contributed by atoms with Gasteiger partial charge >= 0.3 is 5.97 Å². The van der Waals surface area contributed by atoms with Gasteiger partial charge in [0.1, 0.15) is 11.5 Å². The van der Waals surface area contributed by atoms with Gasteiger partial charge < -0.3 is 15.2 Å². The maximum atomic E-state index is 13.3. The number of carbonyl (C=O) groups excluding carboxylic acids is 1. The summed E-state index contributed by atoms with van der Waals surface area (Å²) in [5.41, 5.74) is 1.37. The molecule has 2 aromatic heterocycles. The minimum absolute atomic E-state index is 0.0202. The number of aromatic carboxylic acids is 1. The number of ether oxygens (including phenoxy) is 1. The highest BCUT2D eigenvalue weighted by atomic mass is 35.5. The minimum atomic E-state index is -1.15. The summed E-state index contributed by atoms with van der Waals surface area (Å²) in [6.45, 7) is 1.98. The third-order valence-corrected chi connectivity index (χ3v) is 5.68. The fourth-order valence-electron chi connectivity index (χ4n) is 3.46. The molecule has 0 aliphatic carbocycles. The minimum Gasteiger partial charge on any atom is -0.477 e. The van der Waals surface area contributed by atoms with Crippen LogP contribution < -0.4 is 15.6 Å². The van der Waals surface area contributed by atoms with E-state index >= 15 is 0 Å². The van der Waals surface area contributed by atoms with Crippen LogP contribution in [0.3, 0.4) is 0 Å². The monoisotopic (exact) mass is 518 g/mol. The van der Waals surface area contributed by atoms with Crippen molar-refractivity contribution in [1.29, 1.82) is 0 Å². The van der Waals surface area contributed by atoms with E-state index in [4.69, 9.17) is 21.4 Å². The molecule has 0 spiro atoms. The number of halogens is 1. The van der Waals surface area contributed by atoms with Crippen LogP contribution in [0.15, 0.2) is 77.7 Å². The zero-order chi connectivity index (χ0) is 26.4. The van der Waals surface area contributed by atoms with Gasteiger partial charge in [-0.1, -0.05) is 36.7 Å². The largest absolute Gasteiger partial charge is 0.477 e. The van der Waals surface area contributed by atoms with Gasteiger partial charge in [-0.2, -0.15) is 0 Å². The van der Waals surface area contributed by atoms with Crippen molar-refractivity contribution in [3.63, 3.8) is 0 Å². The van der Waals surface area contributed by atoms with Crippen LogP contribution in [-0.4, -0.2) is 31.4 Å². The SMILES string of the molecule is CCC(=O)Cc1cnc(Nc2ccc(Oc3cccc(C(=O)O)n3)cc2)n(Cc2ccc(Cl)cc2)c1=O. The van der Waals surface area contributed by atoms with E-state index in [1.807, 2.05) is 12.1 Å². The van der Waals surface area contributed by atoms with Gasteiger partial charge in [0.15, 0.2) is 5.69 Å². The van der Waals surface area contributed by atoms with Gasteiger partial charge in [0.05, 0.1) is 6.54 Å². The van der Waals surface area contributed by atoms with Gasteiger partial charge in [0, 0.05) is 41.4 Å². The van der Waals surface area contributed by atoms with Crippen LogP contribution in [0.25, 0.3) is 0 Å². The summed E-state index contributed by atoms with van der Waals surface area (Å²) in [6.07, 6.45) is 1.78. The smallest absolute Gasteiger partial charge is 0.354 e. The van der Waals surface area contributed by atoms with E-state index in [0.29, 0.717) is 34.4 Å². The molecule has 0 atom stereocenters. The maximum absolute atomic E-state index is 13.3. The lowest BCUT2D eigenvalue weighted by Gasteiger charge is -2.15. The average Bonchev–Trinajstić information content (AvgIpc) is 2.90. The molecule has 0 saturated heterocycles. The molecule has 0 amide bonds. The highest BCUT2D eigenvalue weighted by Gasteiger charge is 2.14. The number of Topliss-reactive ketones (excluding diaryl/α,β-unsaturated/α-hetero) is 1. The van der Waals surface area contributed by atoms with Crippen LogP contribution in [0.5, 0.6) is 11.6 Å². The van der Waals surface area contributed by atoms with Crippen LogP contribution in [0.1, 0.15) is 35.0 Å². The molecule has 0 aliphatic rings. The Bertz CT molecular complexity index is 1480. The summed E-state index contributed by atoms with van der Waals surface area (Å²) in [7, 11) is 0. The number of nitrogens with one attached hydrogen (secondary N) is 1. The zero-order valence-electron chi connectivity index (χ0n) is 19.8. The summed E-state index contributed by atoms with van der Waals surface area (Å²) in [5, 5.41) is 12.8. The fourth-order valence-corrected chi connectivity index (χ4v) is 3.58. The Hall–Kier alpha value is -4.50. The van der Waals surface area contributed by atoms with Crippen LogP contribution in [0, 0.1) is 0 Å². The molecular weight excluding hydrogens is 496 g/mol. The molecule has 2 aromatic carbocycles. The van der Waals surface area contributed by atoms with Crippen LogP contribution >= 0.6 is 11.6 Å². The Morgan fingerprint density at radius 3 is 2.46 bits per heavy atom. The van der Waals surface area contributed by atoms with E-state index < -0.39 is 5.97 Å². The van der Waals surface area contributed by atoms with Crippen molar-refractivity contribution < 1.29 is 19.4 Å². The van der Waals surface area contributed by atoms with Crippen molar-refractivity contribution in [2.75, 3.05) is 5.32 Å². The molecule has 37 heavy (non-hydrogen) atoms. The number of anilines is 2. The fraction of sp³-hybridized carbons (Fsp3) is 0.148. The molecule has 9 nitrogen and oxygen atoms in total. The second-order valence-corrected chi connectivity index (χ2v) is 8.55. The van der Waals surface area contributed by atoms with E-state index in [-0.39, 0.29) is 35.9 Å². The topological polar surface area (TPSA) is 123 Å². The second-order valence-electron chi connectivity index (χ2n) is 8.11. The first-order valence-electron chi connectivity index (χ1n) is 11.4. The van der Waals surface area contributed by atoms with Crippen LogP contribution in [0.2, 0.25) is 5.02 Å². The number of carboxylic acids is 1. The molecule has 0 saturated carbocycles. The molecule has 2 heterocycles. The number of benzene rings is 2. The number of carbonyl (C=O) groups is 2. The normalized spacial score (nSPS) is 10.6.